The van der Waals surface area contributed by atoms with Crippen molar-refractivity contribution in [3.63, 3.8) is 0 Å². The van der Waals surface area contributed by atoms with Crippen molar-refractivity contribution in [3.8, 4) is 0 Å². The third-order valence-corrected chi connectivity index (χ3v) is 5.82. The summed E-state index contributed by atoms with van der Waals surface area (Å²) in [7, 11) is 2.18. The number of anilines is 2. The molecule has 0 unspecified atom stereocenters. The second kappa shape index (κ2) is 4.77. The van der Waals surface area contributed by atoms with Crippen LogP contribution in [0.4, 0.5) is 11.4 Å². The Hall–Kier alpha value is -2.45. The van der Waals surface area contributed by atoms with Crippen LogP contribution in [-0.4, -0.2) is 7.05 Å². The topological polar surface area (TPSA) is 3.24 Å². The monoisotopic (exact) mass is 313 g/mol. The molecule has 1 heterocycles. The molecule has 4 aromatic carbocycles. The maximum Gasteiger partial charge on any atom is 0.0636 e. The van der Waals surface area contributed by atoms with Gasteiger partial charge in [-0.2, -0.15) is 0 Å². The minimum Gasteiger partial charge on any atom is -0.342 e. The first-order valence-electron chi connectivity index (χ1n) is 7.78. The summed E-state index contributed by atoms with van der Waals surface area (Å²) >= 11 is 1.89. The molecule has 110 valence electrons. The molecule has 0 fully saturated rings. The number of nitrogens with zero attached hydrogens (tertiary/aromatic N) is 1. The Kier molecular flexibility index (Phi) is 2.70. The predicted octanol–water partition coefficient (Wildman–Crippen LogP) is 6.23. The zero-order valence-electron chi connectivity index (χ0n) is 12.8. The van der Waals surface area contributed by atoms with Gasteiger partial charge in [0.1, 0.15) is 0 Å². The molecule has 0 spiro atoms. The van der Waals surface area contributed by atoms with Crippen LogP contribution >= 0.6 is 11.8 Å². The van der Waals surface area contributed by atoms with Crippen molar-refractivity contribution in [3.05, 3.63) is 72.8 Å². The zero-order chi connectivity index (χ0) is 15.4. The SMILES string of the molecule is CN1c2ccccc2Sc2c1c1ccccc1c1ccccc21. The van der Waals surface area contributed by atoms with E-state index in [1.165, 1.54) is 42.7 Å². The Morgan fingerprint density at radius 1 is 0.652 bits per heavy atom. The summed E-state index contributed by atoms with van der Waals surface area (Å²) in [4.78, 5) is 5.03. The lowest BCUT2D eigenvalue weighted by Gasteiger charge is -2.31. The van der Waals surface area contributed by atoms with E-state index < -0.39 is 0 Å². The van der Waals surface area contributed by atoms with E-state index in [2.05, 4.69) is 84.7 Å². The highest BCUT2D eigenvalue weighted by Gasteiger charge is 2.24. The fourth-order valence-electron chi connectivity index (χ4n) is 3.58. The molecule has 0 bridgehead atoms. The standard InChI is InChI=1S/C21H15NS/c1-22-18-12-6-7-13-19(18)23-21-17-11-5-3-9-15(17)14-8-2-4-10-16(14)20(21)22/h2-13H,1H3. The van der Waals surface area contributed by atoms with Gasteiger partial charge >= 0.3 is 0 Å². The van der Waals surface area contributed by atoms with Gasteiger partial charge in [0.15, 0.2) is 0 Å². The second-order valence-corrected chi connectivity index (χ2v) is 6.95. The number of hydrogen-bond donors (Lipinski definition) is 0. The van der Waals surface area contributed by atoms with Crippen LogP contribution in [-0.2, 0) is 0 Å². The minimum atomic E-state index is 1.28. The molecule has 1 aliphatic rings. The van der Waals surface area contributed by atoms with Crippen molar-refractivity contribution in [1.82, 2.24) is 0 Å². The minimum absolute atomic E-state index is 1.28. The third-order valence-electron chi connectivity index (χ3n) is 4.63. The average molecular weight is 313 g/mol. The van der Waals surface area contributed by atoms with E-state index in [0.29, 0.717) is 0 Å². The molecule has 23 heavy (non-hydrogen) atoms. The van der Waals surface area contributed by atoms with Gasteiger partial charge in [-0.15, -0.1) is 0 Å². The van der Waals surface area contributed by atoms with Gasteiger partial charge in [0.05, 0.1) is 11.4 Å². The highest BCUT2D eigenvalue weighted by molar-refractivity contribution is 8.00. The first kappa shape index (κ1) is 13.0. The molecule has 0 atom stereocenters. The molecule has 1 nitrogen and oxygen atoms in total. The Morgan fingerprint density at radius 2 is 1.22 bits per heavy atom. The van der Waals surface area contributed by atoms with Gasteiger partial charge < -0.3 is 4.90 Å². The van der Waals surface area contributed by atoms with E-state index in [9.17, 15) is 0 Å². The number of para-hydroxylation sites is 1. The average Bonchev–Trinajstić information content (AvgIpc) is 2.62. The number of rotatable bonds is 0. The van der Waals surface area contributed by atoms with Crippen molar-refractivity contribution in [1.29, 1.82) is 0 Å². The first-order chi connectivity index (χ1) is 11.3. The molecule has 0 radical (unpaired) electrons. The molecule has 5 rings (SSSR count). The van der Waals surface area contributed by atoms with Gasteiger partial charge in [-0.25, -0.2) is 0 Å². The normalized spacial score (nSPS) is 13.2. The highest BCUT2D eigenvalue weighted by Crippen LogP contribution is 2.53. The van der Waals surface area contributed by atoms with Crippen LogP contribution in [0, 0.1) is 0 Å². The summed E-state index contributed by atoms with van der Waals surface area (Å²) in [6.45, 7) is 0. The summed E-state index contributed by atoms with van der Waals surface area (Å²) in [5.74, 6) is 0. The molecular formula is C21H15NS. The molecule has 0 aromatic heterocycles. The van der Waals surface area contributed by atoms with E-state index in [0.717, 1.165) is 0 Å². The molecule has 0 saturated carbocycles. The van der Waals surface area contributed by atoms with Gasteiger partial charge in [0, 0.05) is 22.2 Å². The quantitative estimate of drug-likeness (QED) is 0.354. The van der Waals surface area contributed by atoms with Gasteiger partial charge in [0.2, 0.25) is 0 Å². The zero-order valence-corrected chi connectivity index (χ0v) is 13.6. The van der Waals surface area contributed by atoms with Crippen LogP contribution in [0.5, 0.6) is 0 Å². The van der Waals surface area contributed by atoms with E-state index in [4.69, 9.17) is 0 Å². The van der Waals surface area contributed by atoms with Crippen molar-refractivity contribution < 1.29 is 0 Å². The smallest absolute Gasteiger partial charge is 0.0636 e. The summed E-state index contributed by atoms with van der Waals surface area (Å²) in [5.41, 5.74) is 2.61. The molecule has 0 aliphatic carbocycles. The molecule has 0 N–H and O–H groups in total. The van der Waals surface area contributed by atoms with Crippen LogP contribution in [0.15, 0.2) is 82.6 Å². The van der Waals surface area contributed by atoms with Gasteiger partial charge in [-0.1, -0.05) is 72.4 Å². The van der Waals surface area contributed by atoms with E-state index in [1.54, 1.807) is 0 Å². The van der Waals surface area contributed by atoms with E-state index in [-0.39, 0.29) is 0 Å². The molecule has 0 amide bonds. The van der Waals surface area contributed by atoms with Gasteiger partial charge in [-0.3, -0.25) is 0 Å². The third kappa shape index (κ3) is 1.76. The van der Waals surface area contributed by atoms with Gasteiger partial charge in [0.25, 0.3) is 0 Å². The van der Waals surface area contributed by atoms with Crippen LogP contribution in [0.2, 0.25) is 0 Å². The fraction of sp³-hybridized carbons (Fsp3) is 0.0476. The number of fused-ring (bicyclic) bond motifs is 7. The lowest BCUT2D eigenvalue weighted by Crippen LogP contribution is -2.15. The summed E-state index contributed by atoms with van der Waals surface area (Å²) in [5, 5.41) is 5.33. The largest absolute Gasteiger partial charge is 0.342 e. The van der Waals surface area contributed by atoms with Crippen molar-refractivity contribution in [2.75, 3.05) is 11.9 Å². The summed E-state index contributed by atoms with van der Waals surface area (Å²) in [6.07, 6.45) is 0. The lowest BCUT2D eigenvalue weighted by atomic mass is 9.99. The maximum atomic E-state index is 2.34. The van der Waals surface area contributed by atoms with E-state index in [1.807, 2.05) is 11.8 Å². The fourth-order valence-corrected chi connectivity index (χ4v) is 4.89. The Morgan fingerprint density at radius 3 is 2.00 bits per heavy atom. The number of benzene rings is 4. The Balaban J connectivity index is 1.98. The van der Waals surface area contributed by atoms with Crippen LogP contribution in [0.25, 0.3) is 21.5 Å². The maximum absolute atomic E-state index is 2.34. The first-order valence-corrected chi connectivity index (χ1v) is 8.60. The van der Waals surface area contributed by atoms with Crippen molar-refractivity contribution in [2.24, 2.45) is 0 Å². The second-order valence-electron chi connectivity index (χ2n) is 5.90. The Labute approximate surface area is 139 Å². The van der Waals surface area contributed by atoms with Crippen LogP contribution in [0.1, 0.15) is 0 Å². The highest BCUT2D eigenvalue weighted by atomic mass is 32.2. The van der Waals surface area contributed by atoms with Crippen molar-refractivity contribution >= 4 is 44.7 Å². The molecule has 1 aliphatic heterocycles. The number of hydrogen-bond acceptors (Lipinski definition) is 2. The van der Waals surface area contributed by atoms with Crippen LogP contribution < -0.4 is 4.90 Å². The van der Waals surface area contributed by atoms with Gasteiger partial charge in [-0.05, 0) is 28.3 Å². The predicted molar refractivity (Wildman–Crippen MR) is 100 cm³/mol. The summed E-state index contributed by atoms with van der Waals surface area (Å²) in [6, 6.07) is 26.1. The molecule has 2 heteroatoms. The van der Waals surface area contributed by atoms with E-state index >= 15 is 0 Å². The molecular weight excluding hydrogens is 298 g/mol. The summed E-state index contributed by atoms with van der Waals surface area (Å²) < 4.78 is 0. The molecule has 0 saturated heterocycles. The van der Waals surface area contributed by atoms with Crippen molar-refractivity contribution in [2.45, 2.75) is 9.79 Å². The molecule has 4 aromatic rings. The lowest BCUT2D eigenvalue weighted by molar-refractivity contribution is 1.13. The van der Waals surface area contributed by atoms with Crippen LogP contribution in [0.3, 0.4) is 0 Å². The Bertz CT molecular complexity index is 1070.